The average molecular weight is 498 g/mol. The molecule has 2 aromatic heterocycles. The van der Waals surface area contributed by atoms with Crippen LogP contribution in [0.25, 0.3) is 5.00 Å². The second-order valence-corrected chi connectivity index (χ2v) is 10.9. The SMILES string of the molecule is COc1ccc([C@H]2c3cccn3-c3sc4c(c3CN2C(=O)Nc2ccc(C)c(C)c2)CCCC4)cc1. The zero-order valence-electron chi connectivity index (χ0n) is 21.0. The van der Waals surface area contributed by atoms with Gasteiger partial charge in [0.25, 0.3) is 0 Å². The summed E-state index contributed by atoms with van der Waals surface area (Å²) in [5, 5.41) is 4.48. The number of nitrogens with zero attached hydrogens (tertiary/aromatic N) is 2. The third-order valence-corrected chi connectivity index (χ3v) is 8.96. The molecule has 0 unspecified atom stereocenters. The standard InChI is InChI=1S/C30H31N3O2S/c1-19-10-13-22(17-20(19)2)31-30(34)33-18-25-24-7-4-5-9-27(24)36-29(25)32-16-6-8-26(32)28(33)21-11-14-23(35-3)15-12-21/h6,8,10-17,28H,4-5,7,9,18H2,1-3H3,(H,31,34)/t28-/m0/s1. The lowest BCUT2D eigenvalue weighted by Crippen LogP contribution is -2.38. The molecule has 36 heavy (non-hydrogen) atoms. The summed E-state index contributed by atoms with van der Waals surface area (Å²) in [6, 6.07) is 18.1. The predicted molar refractivity (Wildman–Crippen MR) is 146 cm³/mol. The van der Waals surface area contributed by atoms with Crippen molar-refractivity contribution in [2.75, 3.05) is 12.4 Å². The van der Waals surface area contributed by atoms with Crippen LogP contribution >= 0.6 is 11.3 Å². The van der Waals surface area contributed by atoms with E-state index in [4.69, 9.17) is 4.74 Å². The molecule has 3 heterocycles. The molecule has 6 rings (SSSR count). The molecule has 0 fully saturated rings. The van der Waals surface area contributed by atoms with Crippen LogP contribution in [-0.2, 0) is 19.4 Å². The maximum absolute atomic E-state index is 14.0. The topological polar surface area (TPSA) is 46.5 Å². The van der Waals surface area contributed by atoms with Gasteiger partial charge in [-0.1, -0.05) is 18.2 Å². The van der Waals surface area contributed by atoms with Gasteiger partial charge in [0.1, 0.15) is 10.8 Å². The number of carbonyl (C=O) groups is 1. The molecular weight excluding hydrogens is 466 g/mol. The molecule has 1 aliphatic heterocycles. The summed E-state index contributed by atoms with van der Waals surface area (Å²) in [4.78, 5) is 17.5. The molecule has 2 aliphatic rings. The van der Waals surface area contributed by atoms with Gasteiger partial charge >= 0.3 is 6.03 Å². The van der Waals surface area contributed by atoms with E-state index in [9.17, 15) is 4.79 Å². The van der Waals surface area contributed by atoms with Gasteiger partial charge in [0, 0.05) is 22.3 Å². The molecule has 5 nitrogen and oxygen atoms in total. The van der Waals surface area contributed by atoms with Gasteiger partial charge < -0.3 is 19.5 Å². The average Bonchev–Trinajstić information content (AvgIpc) is 3.48. The number of urea groups is 1. The first-order valence-corrected chi connectivity index (χ1v) is 13.4. The van der Waals surface area contributed by atoms with Crippen LogP contribution in [-0.4, -0.2) is 22.6 Å². The van der Waals surface area contributed by atoms with Crippen LogP contribution in [0.2, 0.25) is 0 Å². The number of amides is 2. The first-order chi connectivity index (χ1) is 17.5. The summed E-state index contributed by atoms with van der Waals surface area (Å²) in [7, 11) is 1.68. The van der Waals surface area contributed by atoms with Gasteiger partial charge in [-0.15, -0.1) is 11.3 Å². The molecule has 1 atom stereocenters. The Hall–Kier alpha value is -3.51. The lowest BCUT2D eigenvalue weighted by atomic mass is 9.95. The van der Waals surface area contributed by atoms with Crippen molar-refractivity contribution in [3.63, 3.8) is 0 Å². The Morgan fingerprint density at radius 2 is 1.81 bits per heavy atom. The molecular formula is C30H31N3O2S. The quantitative estimate of drug-likeness (QED) is 0.326. The highest BCUT2D eigenvalue weighted by molar-refractivity contribution is 7.15. The van der Waals surface area contributed by atoms with Crippen molar-refractivity contribution < 1.29 is 9.53 Å². The van der Waals surface area contributed by atoms with Crippen molar-refractivity contribution in [3.05, 3.63) is 99.2 Å². The van der Waals surface area contributed by atoms with E-state index in [1.807, 2.05) is 40.5 Å². The molecule has 0 saturated carbocycles. The molecule has 1 N–H and O–H groups in total. The Bertz CT molecular complexity index is 1430. The first-order valence-electron chi connectivity index (χ1n) is 12.6. The van der Waals surface area contributed by atoms with Crippen LogP contribution in [0.5, 0.6) is 5.75 Å². The maximum atomic E-state index is 14.0. The minimum atomic E-state index is -0.226. The highest BCUT2D eigenvalue weighted by Gasteiger charge is 2.36. The minimum Gasteiger partial charge on any atom is -0.497 e. The normalized spacial score (nSPS) is 16.5. The van der Waals surface area contributed by atoms with Crippen molar-refractivity contribution in [2.24, 2.45) is 0 Å². The molecule has 0 saturated heterocycles. The number of thiophene rings is 1. The Morgan fingerprint density at radius 3 is 2.58 bits per heavy atom. The lowest BCUT2D eigenvalue weighted by molar-refractivity contribution is 0.194. The summed E-state index contributed by atoms with van der Waals surface area (Å²) < 4.78 is 7.73. The number of carbonyl (C=O) groups excluding carboxylic acids is 1. The van der Waals surface area contributed by atoms with Gasteiger partial charge in [-0.3, -0.25) is 0 Å². The van der Waals surface area contributed by atoms with E-state index >= 15 is 0 Å². The number of methoxy groups -OCH3 is 1. The van der Waals surface area contributed by atoms with Crippen LogP contribution in [0.1, 0.15) is 57.3 Å². The third-order valence-electron chi connectivity index (χ3n) is 7.63. The summed E-state index contributed by atoms with van der Waals surface area (Å²) in [6.07, 6.45) is 6.84. The van der Waals surface area contributed by atoms with Gasteiger partial charge in [-0.25, -0.2) is 4.79 Å². The molecule has 0 spiro atoms. The number of benzene rings is 2. The maximum Gasteiger partial charge on any atom is 0.322 e. The van der Waals surface area contributed by atoms with E-state index in [0.717, 1.165) is 35.5 Å². The largest absolute Gasteiger partial charge is 0.497 e. The second-order valence-electron chi connectivity index (χ2n) is 9.83. The summed E-state index contributed by atoms with van der Waals surface area (Å²) in [5.74, 6) is 0.807. The number of nitrogens with one attached hydrogen (secondary N) is 1. The smallest absolute Gasteiger partial charge is 0.322 e. The number of ether oxygens (including phenoxy) is 1. The van der Waals surface area contributed by atoms with Crippen LogP contribution in [0.3, 0.4) is 0 Å². The fourth-order valence-electron chi connectivity index (χ4n) is 5.54. The highest BCUT2D eigenvalue weighted by atomic mass is 32.1. The molecule has 0 radical (unpaired) electrons. The number of rotatable bonds is 3. The Kier molecular flexibility index (Phi) is 5.84. The van der Waals surface area contributed by atoms with Gasteiger partial charge in [0.2, 0.25) is 0 Å². The van der Waals surface area contributed by atoms with Gasteiger partial charge in [-0.05, 0) is 98.2 Å². The number of fused-ring (bicyclic) bond motifs is 5. The summed E-state index contributed by atoms with van der Waals surface area (Å²) in [5.41, 5.74) is 8.13. The predicted octanol–water partition coefficient (Wildman–Crippen LogP) is 7.18. The first kappa shape index (κ1) is 22.9. The number of aromatic nitrogens is 1. The molecule has 184 valence electrons. The fourth-order valence-corrected chi connectivity index (χ4v) is 6.94. The van der Waals surface area contributed by atoms with E-state index < -0.39 is 0 Å². The van der Waals surface area contributed by atoms with Gasteiger partial charge in [-0.2, -0.15) is 0 Å². The Labute approximate surface area is 216 Å². The van der Waals surface area contributed by atoms with Gasteiger partial charge in [0.15, 0.2) is 0 Å². The van der Waals surface area contributed by atoms with E-state index in [1.165, 1.54) is 45.0 Å². The fraction of sp³-hybridized carbons (Fsp3) is 0.300. The van der Waals surface area contributed by atoms with E-state index in [1.54, 1.807) is 7.11 Å². The van der Waals surface area contributed by atoms with E-state index in [0.29, 0.717) is 6.54 Å². The van der Waals surface area contributed by atoms with Crippen molar-refractivity contribution in [1.29, 1.82) is 0 Å². The van der Waals surface area contributed by atoms with Crippen molar-refractivity contribution in [2.45, 2.75) is 52.1 Å². The molecule has 0 bridgehead atoms. The second kappa shape index (κ2) is 9.17. The third kappa shape index (κ3) is 3.90. The lowest BCUT2D eigenvalue weighted by Gasteiger charge is -2.31. The van der Waals surface area contributed by atoms with Crippen LogP contribution in [0.4, 0.5) is 10.5 Å². The Balaban J connectivity index is 1.48. The molecule has 1 aliphatic carbocycles. The summed E-state index contributed by atoms with van der Waals surface area (Å²) >= 11 is 1.91. The minimum absolute atomic E-state index is 0.0876. The van der Waals surface area contributed by atoms with Crippen LogP contribution in [0.15, 0.2) is 60.8 Å². The zero-order chi connectivity index (χ0) is 24.8. The summed E-state index contributed by atoms with van der Waals surface area (Å²) in [6.45, 7) is 4.74. The van der Waals surface area contributed by atoms with E-state index in [2.05, 4.69) is 60.3 Å². The number of hydrogen-bond donors (Lipinski definition) is 1. The van der Waals surface area contributed by atoms with Crippen LogP contribution < -0.4 is 10.1 Å². The van der Waals surface area contributed by atoms with Crippen molar-refractivity contribution >= 4 is 23.1 Å². The van der Waals surface area contributed by atoms with Gasteiger partial charge in [0.05, 0.1) is 25.4 Å². The van der Waals surface area contributed by atoms with Crippen molar-refractivity contribution in [1.82, 2.24) is 9.47 Å². The number of hydrogen-bond acceptors (Lipinski definition) is 3. The van der Waals surface area contributed by atoms with Crippen LogP contribution in [0, 0.1) is 13.8 Å². The molecule has 6 heteroatoms. The van der Waals surface area contributed by atoms with Crippen molar-refractivity contribution in [3.8, 4) is 10.8 Å². The Morgan fingerprint density at radius 1 is 1.00 bits per heavy atom. The molecule has 2 amide bonds. The zero-order valence-corrected chi connectivity index (χ0v) is 21.8. The highest BCUT2D eigenvalue weighted by Crippen LogP contribution is 2.44. The van der Waals surface area contributed by atoms with E-state index in [-0.39, 0.29) is 12.1 Å². The monoisotopic (exact) mass is 497 g/mol. The number of aryl methyl sites for hydroxylation is 3. The number of anilines is 1. The molecule has 2 aromatic carbocycles. The molecule has 4 aromatic rings.